The van der Waals surface area contributed by atoms with Crippen molar-refractivity contribution in [2.24, 2.45) is 5.73 Å². The molecule has 0 bridgehead atoms. The standard InChI is InChI=1S/C22H27N5O2/c23-11-6-12-24-21(28)20(13-17-15-25-19-10-5-4-9-18(17)19)27-22(29)26-14-16-7-2-1-3-8-16/h1-5,7-10,15,20,25H,6,11-14,23H2,(H,24,28)(H2,26,27,29)/t20-/m0/s1. The van der Waals surface area contributed by atoms with Gasteiger partial charge in [0.1, 0.15) is 6.04 Å². The zero-order valence-corrected chi connectivity index (χ0v) is 16.3. The van der Waals surface area contributed by atoms with Crippen LogP contribution in [0, 0.1) is 0 Å². The number of H-pyrrole nitrogens is 1. The van der Waals surface area contributed by atoms with Crippen molar-refractivity contribution in [3.8, 4) is 0 Å². The molecule has 2 aromatic carbocycles. The normalized spacial score (nSPS) is 11.8. The third-order valence-corrected chi connectivity index (χ3v) is 4.70. The zero-order chi connectivity index (χ0) is 20.5. The van der Waals surface area contributed by atoms with Gasteiger partial charge in [-0.1, -0.05) is 48.5 Å². The van der Waals surface area contributed by atoms with Gasteiger partial charge in [-0.05, 0) is 30.2 Å². The van der Waals surface area contributed by atoms with Crippen molar-refractivity contribution in [1.82, 2.24) is 20.9 Å². The largest absolute Gasteiger partial charge is 0.361 e. The lowest BCUT2D eigenvalue weighted by Crippen LogP contribution is -2.51. The van der Waals surface area contributed by atoms with Gasteiger partial charge in [0.05, 0.1) is 0 Å². The molecular formula is C22H27N5O2. The quantitative estimate of drug-likeness (QED) is 0.359. The molecule has 0 aliphatic heterocycles. The lowest BCUT2D eigenvalue weighted by atomic mass is 10.0. The maximum absolute atomic E-state index is 12.7. The second-order valence-electron chi connectivity index (χ2n) is 6.86. The van der Waals surface area contributed by atoms with Crippen LogP contribution in [0.5, 0.6) is 0 Å². The molecule has 3 amide bonds. The first-order valence-corrected chi connectivity index (χ1v) is 9.78. The van der Waals surface area contributed by atoms with Gasteiger partial charge in [-0.2, -0.15) is 0 Å². The van der Waals surface area contributed by atoms with Gasteiger partial charge in [-0.25, -0.2) is 4.79 Å². The van der Waals surface area contributed by atoms with Gasteiger partial charge in [0.15, 0.2) is 0 Å². The zero-order valence-electron chi connectivity index (χ0n) is 16.3. The number of amides is 3. The van der Waals surface area contributed by atoms with Crippen molar-refractivity contribution in [1.29, 1.82) is 0 Å². The van der Waals surface area contributed by atoms with Gasteiger partial charge in [0.2, 0.25) is 5.91 Å². The second-order valence-corrected chi connectivity index (χ2v) is 6.86. The van der Waals surface area contributed by atoms with E-state index in [0.717, 1.165) is 22.0 Å². The Morgan fingerprint density at radius 1 is 1.00 bits per heavy atom. The molecule has 1 heterocycles. The van der Waals surface area contributed by atoms with Crippen molar-refractivity contribution < 1.29 is 9.59 Å². The fraction of sp³-hybridized carbons (Fsp3) is 0.273. The number of rotatable bonds is 9. The molecule has 0 spiro atoms. The SMILES string of the molecule is NCCCNC(=O)[C@H](Cc1c[nH]c2ccccc12)NC(=O)NCc1ccccc1. The highest BCUT2D eigenvalue weighted by atomic mass is 16.2. The van der Waals surface area contributed by atoms with Crippen LogP contribution in [0.25, 0.3) is 10.9 Å². The maximum Gasteiger partial charge on any atom is 0.315 e. The Bertz CT molecular complexity index is 939. The van der Waals surface area contributed by atoms with E-state index >= 15 is 0 Å². The summed E-state index contributed by atoms with van der Waals surface area (Å²) in [6, 6.07) is 16.4. The van der Waals surface area contributed by atoms with Gasteiger partial charge < -0.3 is 26.7 Å². The first kappa shape index (κ1) is 20.4. The van der Waals surface area contributed by atoms with Crippen molar-refractivity contribution in [3.05, 3.63) is 71.9 Å². The Labute approximate surface area is 170 Å². The summed E-state index contributed by atoms with van der Waals surface area (Å²) in [5.74, 6) is -0.224. The monoisotopic (exact) mass is 393 g/mol. The number of urea groups is 1. The summed E-state index contributed by atoms with van der Waals surface area (Å²) in [7, 11) is 0. The highest BCUT2D eigenvalue weighted by Crippen LogP contribution is 2.19. The van der Waals surface area contributed by atoms with E-state index in [2.05, 4.69) is 20.9 Å². The molecule has 6 N–H and O–H groups in total. The first-order chi connectivity index (χ1) is 14.2. The highest BCUT2D eigenvalue weighted by molar-refractivity contribution is 5.89. The van der Waals surface area contributed by atoms with Gasteiger partial charge in [0, 0.05) is 36.6 Å². The number of benzene rings is 2. The van der Waals surface area contributed by atoms with E-state index in [4.69, 9.17) is 5.73 Å². The minimum Gasteiger partial charge on any atom is -0.361 e. The molecule has 7 heteroatoms. The van der Waals surface area contributed by atoms with Gasteiger partial charge in [-0.3, -0.25) is 4.79 Å². The maximum atomic E-state index is 12.7. The van der Waals surface area contributed by atoms with Crippen LogP contribution < -0.4 is 21.7 Å². The third kappa shape index (κ3) is 5.83. The summed E-state index contributed by atoms with van der Waals surface area (Å²) in [6.07, 6.45) is 2.96. The molecule has 7 nitrogen and oxygen atoms in total. The molecule has 152 valence electrons. The van der Waals surface area contributed by atoms with Crippen LogP contribution in [0.4, 0.5) is 4.79 Å². The summed E-state index contributed by atoms with van der Waals surface area (Å²) in [6.45, 7) is 1.37. The third-order valence-electron chi connectivity index (χ3n) is 4.70. The summed E-state index contributed by atoms with van der Waals surface area (Å²) in [4.78, 5) is 28.3. The van der Waals surface area contributed by atoms with E-state index in [9.17, 15) is 9.59 Å². The molecule has 0 radical (unpaired) electrons. The van der Waals surface area contributed by atoms with Gasteiger partial charge in [0.25, 0.3) is 0 Å². The lowest BCUT2D eigenvalue weighted by molar-refractivity contribution is -0.122. The van der Waals surface area contributed by atoms with E-state index in [1.165, 1.54) is 0 Å². The predicted molar refractivity (Wildman–Crippen MR) is 114 cm³/mol. The Morgan fingerprint density at radius 2 is 1.76 bits per heavy atom. The number of fused-ring (bicyclic) bond motifs is 1. The minimum atomic E-state index is -0.692. The average Bonchev–Trinajstić information content (AvgIpc) is 3.15. The lowest BCUT2D eigenvalue weighted by Gasteiger charge is -2.19. The summed E-state index contributed by atoms with van der Waals surface area (Å²) in [5.41, 5.74) is 8.47. The molecule has 0 saturated carbocycles. The average molecular weight is 393 g/mol. The van der Waals surface area contributed by atoms with Crippen LogP contribution >= 0.6 is 0 Å². The van der Waals surface area contributed by atoms with Crippen LogP contribution in [-0.2, 0) is 17.8 Å². The summed E-state index contributed by atoms with van der Waals surface area (Å²) in [5, 5.41) is 9.51. The summed E-state index contributed by atoms with van der Waals surface area (Å²) >= 11 is 0. The second kappa shape index (κ2) is 10.3. The molecule has 3 rings (SSSR count). The van der Waals surface area contributed by atoms with Crippen LogP contribution in [0.2, 0.25) is 0 Å². The molecule has 0 aliphatic rings. The number of hydrogen-bond donors (Lipinski definition) is 5. The van der Waals surface area contributed by atoms with Crippen LogP contribution in [0.3, 0.4) is 0 Å². The van der Waals surface area contributed by atoms with E-state index < -0.39 is 6.04 Å². The first-order valence-electron chi connectivity index (χ1n) is 9.78. The van der Waals surface area contributed by atoms with Crippen LogP contribution in [0.15, 0.2) is 60.8 Å². The predicted octanol–water partition coefficient (Wildman–Crippen LogP) is 2.04. The number of nitrogens with one attached hydrogen (secondary N) is 4. The smallest absolute Gasteiger partial charge is 0.315 e. The van der Waals surface area contributed by atoms with Crippen molar-refractivity contribution >= 4 is 22.8 Å². The van der Waals surface area contributed by atoms with E-state index in [1.807, 2.05) is 60.8 Å². The topological polar surface area (TPSA) is 112 Å². The highest BCUT2D eigenvalue weighted by Gasteiger charge is 2.22. The molecule has 0 aliphatic carbocycles. The number of nitrogens with two attached hydrogens (primary N) is 1. The molecule has 1 aromatic heterocycles. The Morgan fingerprint density at radius 3 is 2.55 bits per heavy atom. The Balaban J connectivity index is 1.66. The van der Waals surface area contributed by atoms with Crippen molar-refractivity contribution in [2.75, 3.05) is 13.1 Å². The van der Waals surface area contributed by atoms with E-state index in [-0.39, 0.29) is 11.9 Å². The number of carbonyl (C=O) groups excluding carboxylic acids is 2. The molecule has 29 heavy (non-hydrogen) atoms. The van der Waals surface area contributed by atoms with Gasteiger partial charge >= 0.3 is 6.03 Å². The van der Waals surface area contributed by atoms with Gasteiger partial charge in [-0.15, -0.1) is 0 Å². The summed E-state index contributed by atoms with van der Waals surface area (Å²) < 4.78 is 0. The number of aromatic nitrogens is 1. The fourth-order valence-electron chi connectivity index (χ4n) is 3.15. The number of hydrogen-bond acceptors (Lipinski definition) is 3. The molecule has 1 atom stereocenters. The van der Waals surface area contributed by atoms with Crippen molar-refractivity contribution in [3.63, 3.8) is 0 Å². The number of para-hydroxylation sites is 1. The minimum absolute atomic E-state index is 0.224. The Hall–Kier alpha value is -3.32. The van der Waals surface area contributed by atoms with Crippen LogP contribution in [-0.4, -0.2) is 36.1 Å². The van der Waals surface area contributed by atoms with Crippen molar-refractivity contribution in [2.45, 2.75) is 25.4 Å². The fourth-order valence-corrected chi connectivity index (χ4v) is 3.15. The molecule has 3 aromatic rings. The Kier molecular flexibility index (Phi) is 7.24. The molecule has 0 unspecified atom stereocenters. The molecule has 0 fully saturated rings. The van der Waals surface area contributed by atoms with E-state index in [1.54, 1.807) is 0 Å². The van der Waals surface area contributed by atoms with Crippen LogP contribution in [0.1, 0.15) is 17.5 Å². The number of aromatic amines is 1. The number of carbonyl (C=O) groups is 2. The molecule has 0 saturated heterocycles. The molecular weight excluding hydrogens is 366 g/mol. The van der Waals surface area contributed by atoms with E-state index in [0.29, 0.717) is 32.5 Å².